The highest BCUT2D eigenvalue weighted by molar-refractivity contribution is 6.01. The molecule has 1 atom stereocenters. The van der Waals surface area contributed by atoms with Crippen molar-refractivity contribution in [3.63, 3.8) is 0 Å². The second kappa shape index (κ2) is 7.24. The van der Waals surface area contributed by atoms with Crippen molar-refractivity contribution in [3.8, 4) is 5.75 Å². The number of carbonyl (C=O) groups excluding carboxylic acids is 2. The third-order valence-corrected chi connectivity index (χ3v) is 4.11. The molecule has 0 spiro atoms. The minimum Gasteiger partial charge on any atom is -0.492 e. The Morgan fingerprint density at radius 3 is 2.54 bits per heavy atom. The molecule has 1 aliphatic heterocycles. The van der Waals surface area contributed by atoms with Gasteiger partial charge in [0, 0.05) is 19.5 Å². The van der Waals surface area contributed by atoms with Gasteiger partial charge in [-0.25, -0.2) is 0 Å². The van der Waals surface area contributed by atoms with E-state index in [0.29, 0.717) is 31.9 Å². The van der Waals surface area contributed by atoms with Gasteiger partial charge in [0.15, 0.2) is 0 Å². The van der Waals surface area contributed by atoms with Crippen molar-refractivity contribution in [2.75, 3.05) is 24.6 Å². The monoisotopic (exact) mass is 332 g/mol. The second-order valence-electron chi connectivity index (χ2n) is 7.39. The van der Waals surface area contributed by atoms with E-state index in [1.54, 1.807) is 16.7 Å². The topological polar surface area (TPSA) is 49.9 Å². The maximum Gasteiger partial charge on any atom is 0.249 e. The summed E-state index contributed by atoms with van der Waals surface area (Å²) in [6.45, 7) is 11.4. The Balaban J connectivity index is 2.17. The van der Waals surface area contributed by atoms with Gasteiger partial charge in [-0.15, -0.1) is 0 Å². The molecule has 1 aromatic rings. The van der Waals surface area contributed by atoms with Crippen molar-refractivity contribution >= 4 is 17.5 Å². The Hall–Kier alpha value is -2.04. The number of hydrogen-bond acceptors (Lipinski definition) is 3. The number of piperazine rings is 1. The fourth-order valence-electron chi connectivity index (χ4n) is 2.96. The number of para-hydroxylation sites is 2. The molecule has 24 heavy (non-hydrogen) atoms. The summed E-state index contributed by atoms with van der Waals surface area (Å²) in [6.07, 6.45) is 0.445. The van der Waals surface area contributed by atoms with E-state index < -0.39 is 6.04 Å². The zero-order valence-electron chi connectivity index (χ0n) is 15.3. The molecule has 2 rings (SSSR count). The van der Waals surface area contributed by atoms with Gasteiger partial charge < -0.3 is 14.5 Å². The maximum atomic E-state index is 12.8. The molecular formula is C19H28N2O3. The first-order chi connectivity index (χ1) is 11.2. The molecule has 1 heterocycles. The van der Waals surface area contributed by atoms with Crippen LogP contribution in [-0.2, 0) is 9.59 Å². The molecule has 132 valence electrons. The first kappa shape index (κ1) is 18.3. The number of benzene rings is 1. The summed E-state index contributed by atoms with van der Waals surface area (Å²) >= 11 is 0. The molecule has 0 radical (unpaired) electrons. The summed E-state index contributed by atoms with van der Waals surface area (Å²) in [5.74, 6) is 0.687. The van der Waals surface area contributed by atoms with Crippen LogP contribution in [0.3, 0.4) is 0 Å². The maximum absolute atomic E-state index is 12.8. The molecule has 0 saturated carbocycles. The number of anilines is 1. The molecule has 0 aromatic heterocycles. The van der Waals surface area contributed by atoms with Crippen LogP contribution in [0.5, 0.6) is 5.75 Å². The number of nitrogens with zero attached hydrogens (tertiary/aromatic N) is 2. The fraction of sp³-hybridized carbons (Fsp3) is 0.579. The summed E-state index contributed by atoms with van der Waals surface area (Å²) < 4.78 is 5.64. The lowest BCUT2D eigenvalue weighted by Gasteiger charge is -2.40. The minimum atomic E-state index is -0.455. The summed E-state index contributed by atoms with van der Waals surface area (Å²) in [4.78, 5) is 28.8. The van der Waals surface area contributed by atoms with Gasteiger partial charge in [-0.1, -0.05) is 32.9 Å². The van der Waals surface area contributed by atoms with Crippen LogP contribution in [0.2, 0.25) is 0 Å². The van der Waals surface area contributed by atoms with Crippen LogP contribution < -0.4 is 9.64 Å². The van der Waals surface area contributed by atoms with Crippen LogP contribution in [0.1, 0.15) is 41.0 Å². The first-order valence-electron chi connectivity index (χ1n) is 8.57. The quantitative estimate of drug-likeness (QED) is 0.851. The highest BCUT2D eigenvalue weighted by atomic mass is 16.5. The predicted molar refractivity (Wildman–Crippen MR) is 95.2 cm³/mol. The molecule has 0 aliphatic carbocycles. The van der Waals surface area contributed by atoms with Crippen molar-refractivity contribution in [1.29, 1.82) is 0 Å². The molecule has 1 unspecified atom stereocenters. The third kappa shape index (κ3) is 4.08. The molecule has 1 aliphatic rings. The number of hydrogen-bond donors (Lipinski definition) is 0. The summed E-state index contributed by atoms with van der Waals surface area (Å²) in [6, 6.07) is 7.09. The number of carbonyl (C=O) groups is 2. The van der Waals surface area contributed by atoms with E-state index in [4.69, 9.17) is 4.74 Å². The van der Waals surface area contributed by atoms with E-state index in [1.165, 1.54) is 0 Å². The van der Waals surface area contributed by atoms with Crippen molar-refractivity contribution in [1.82, 2.24) is 4.90 Å². The van der Waals surface area contributed by atoms with E-state index >= 15 is 0 Å². The molecule has 0 N–H and O–H groups in total. The van der Waals surface area contributed by atoms with Gasteiger partial charge in [0.1, 0.15) is 11.8 Å². The molecule has 5 nitrogen and oxygen atoms in total. The SMILES string of the molecule is CCOc1ccccc1N1CCN(C(=O)CC(C)(C)C)C(C)C1=O. The smallest absolute Gasteiger partial charge is 0.249 e. The number of amides is 2. The zero-order valence-corrected chi connectivity index (χ0v) is 15.3. The molecule has 1 fully saturated rings. The molecule has 5 heteroatoms. The van der Waals surface area contributed by atoms with Crippen LogP contribution in [0, 0.1) is 5.41 Å². The standard InChI is InChI=1S/C19H28N2O3/c1-6-24-16-10-8-7-9-15(16)21-12-11-20(14(2)18(21)23)17(22)13-19(3,4)5/h7-10,14H,6,11-13H2,1-5H3. The largest absolute Gasteiger partial charge is 0.492 e. The Morgan fingerprint density at radius 1 is 1.25 bits per heavy atom. The van der Waals surface area contributed by atoms with Crippen LogP contribution in [-0.4, -0.2) is 42.5 Å². The lowest BCUT2D eigenvalue weighted by Crippen LogP contribution is -2.58. The second-order valence-corrected chi connectivity index (χ2v) is 7.39. The normalized spacial score (nSPS) is 18.7. The van der Waals surface area contributed by atoms with Gasteiger partial charge >= 0.3 is 0 Å². The average Bonchev–Trinajstić information content (AvgIpc) is 2.49. The van der Waals surface area contributed by atoms with E-state index in [-0.39, 0.29) is 17.2 Å². The highest BCUT2D eigenvalue weighted by Crippen LogP contribution is 2.31. The fourth-order valence-corrected chi connectivity index (χ4v) is 2.96. The van der Waals surface area contributed by atoms with E-state index in [2.05, 4.69) is 0 Å². The number of rotatable bonds is 4. The summed E-state index contributed by atoms with van der Waals surface area (Å²) in [5.41, 5.74) is 0.692. The van der Waals surface area contributed by atoms with Crippen LogP contribution in [0.15, 0.2) is 24.3 Å². The van der Waals surface area contributed by atoms with Gasteiger partial charge in [0.05, 0.1) is 12.3 Å². The van der Waals surface area contributed by atoms with Crippen LogP contribution >= 0.6 is 0 Å². The Kier molecular flexibility index (Phi) is 5.52. The van der Waals surface area contributed by atoms with E-state index in [0.717, 1.165) is 5.69 Å². The lowest BCUT2D eigenvalue weighted by atomic mass is 9.91. The highest BCUT2D eigenvalue weighted by Gasteiger charge is 2.36. The lowest BCUT2D eigenvalue weighted by molar-refractivity contribution is -0.142. The average molecular weight is 332 g/mol. The Morgan fingerprint density at radius 2 is 1.92 bits per heavy atom. The Bertz CT molecular complexity index is 607. The zero-order chi connectivity index (χ0) is 17.9. The molecule has 2 amide bonds. The van der Waals surface area contributed by atoms with Gasteiger partial charge in [0.25, 0.3) is 0 Å². The first-order valence-corrected chi connectivity index (χ1v) is 8.57. The Labute approximate surface area is 144 Å². The summed E-state index contributed by atoms with van der Waals surface area (Å²) in [7, 11) is 0. The van der Waals surface area contributed by atoms with Gasteiger partial charge in [0.2, 0.25) is 11.8 Å². The molecule has 0 bridgehead atoms. The predicted octanol–water partition coefficient (Wildman–Crippen LogP) is 3.09. The minimum absolute atomic E-state index is 0.0427. The molecule has 1 aromatic carbocycles. The molecular weight excluding hydrogens is 304 g/mol. The third-order valence-electron chi connectivity index (χ3n) is 4.11. The van der Waals surface area contributed by atoms with Crippen LogP contribution in [0.25, 0.3) is 0 Å². The van der Waals surface area contributed by atoms with Crippen LogP contribution in [0.4, 0.5) is 5.69 Å². The van der Waals surface area contributed by atoms with Crippen molar-refractivity contribution in [2.24, 2.45) is 5.41 Å². The van der Waals surface area contributed by atoms with Gasteiger partial charge in [-0.3, -0.25) is 9.59 Å². The van der Waals surface area contributed by atoms with Gasteiger partial charge in [-0.05, 0) is 31.4 Å². The summed E-state index contributed by atoms with van der Waals surface area (Å²) in [5, 5.41) is 0. The van der Waals surface area contributed by atoms with Crippen molar-refractivity contribution < 1.29 is 14.3 Å². The van der Waals surface area contributed by atoms with Gasteiger partial charge in [-0.2, -0.15) is 0 Å². The van der Waals surface area contributed by atoms with Crippen molar-refractivity contribution in [3.05, 3.63) is 24.3 Å². The van der Waals surface area contributed by atoms with E-state index in [1.807, 2.05) is 52.0 Å². The number of ether oxygens (including phenoxy) is 1. The molecule has 1 saturated heterocycles. The van der Waals surface area contributed by atoms with Crippen molar-refractivity contribution in [2.45, 2.75) is 47.1 Å². The van der Waals surface area contributed by atoms with E-state index in [9.17, 15) is 9.59 Å².